The van der Waals surface area contributed by atoms with Gasteiger partial charge in [0.1, 0.15) is 27.0 Å². The van der Waals surface area contributed by atoms with E-state index in [1.54, 1.807) is 20.8 Å². The summed E-state index contributed by atoms with van der Waals surface area (Å²) in [7, 11) is 1.25. The number of rotatable bonds is 10. The maximum absolute atomic E-state index is 13.2. The molecule has 1 aromatic rings. The molecule has 0 aromatic carbocycles. The van der Waals surface area contributed by atoms with E-state index in [2.05, 4.69) is 20.8 Å². The summed E-state index contributed by atoms with van der Waals surface area (Å²) in [5, 5.41) is 17.6. The van der Waals surface area contributed by atoms with Gasteiger partial charge in [-0.2, -0.15) is 0 Å². The zero-order chi connectivity index (χ0) is 27.5. The van der Waals surface area contributed by atoms with Crippen LogP contribution in [-0.4, -0.2) is 99.5 Å². The number of carboxylic acid groups (broad SMARTS) is 1. The Morgan fingerprint density at radius 1 is 1.38 bits per heavy atom. The van der Waals surface area contributed by atoms with Gasteiger partial charge < -0.3 is 35.0 Å². The van der Waals surface area contributed by atoms with E-state index in [0.29, 0.717) is 6.41 Å². The first kappa shape index (κ1) is 28.6. The zero-order valence-electron chi connectivity index (χ0n) is 20.1. The number of thiazole rings is 1. The van der Waals surface area contributed by atoms with E-state index < -0.39 is 58.7 Å². The fourth-order valence-corrected chi connectivity index (χ4v) is 5.89. The Morgan fingerprint density at radius 2 is 2.08 bits per heavy atom. The van der Waals surface area contributed by atoms with Gasteiger partial charge >= 0.3 is 11.9 Å². The molecule has 0 radical (unpaired) electrons. The number of anilines is 1. The molecular weight excluding hydrogens is 554 g/mol. The van der Waals surface area contributed by atoms with Crippen LogP contribution in [0.15, 0.2) is 5.16 Å². The number of aromatic nitrogens is 1. The summed E-state index contributed by atoms with van der Waals surface area (Å²) in [6.45, 7) is 4.19. The van der Waals surface area contributed by atoms with Gasteiger partial charge in [-0.1, -0.05) is 28.1 Å². The number of nitrogens with one attached hydrogen (secondary N) is 2. The normalized spacial score (nSPS) is 23.4. The number of ether oxygens (including phenoxy) is 2. The Hall–Kier alpha value is -2.95. The molecular formula is C20H24ClN5O9S2. The number of carbonyl (C=O) groups excluding carboxylic acids is 4. The smallest absolute Gasteiger partial charge is 0.347 e. The number of β-lactam (4-membered cyclic amide) rings is 1. The zero-order valence-corrected chi connectivity index (χ0v) is 22.5. The van der Waals surface area contributed by atoms with Gasteiger partial charge in [-0.3, -0.25) is 14.4 Å². The highest BCUT2D eigenvalue weighted by Crippen LogP contribution is 2.39. The SMILES string of the molecule is COC1(C(=O)O)CS[C@@H]2C(NC(=O)C(=NOCC(=O)OC(C)(C)C)c3nc(NC=O)sc3Cl)C(=O)N2C1. The maximum atomic E-state index is 13.2. The van der Waals surface area contributed by atoms with E-state index in [1.807, 2.05) is 0 Å². The topological polar surface area (TPSA) is 186 Å². The first-order chi connectivity index (χ1) is 17.3. The van der Waals surface area contributed by atoms with E-state index in [4.69, 9.17) is 25.9 Å². The van der Waals surface area contributed by atoms with Crippen molar-refractivity contribution < 1.29 is 43.4 Å². The number of hydrogen-bond donors (Lipinski definition) is 3. The third-order valence-corrected chi connectivity index (χ3v) is 7.77. The number of aliphatic carboxylic acids is 1. The largest absolute Gasteiger partial charge is 0.479 e. The number of hydrogen-bond acceptors (Lipinski definition) is 12. The number of thioether (sulfide) groups is 1. The number of carboxylic acids is 1. The maximum Gasteiger partial charge on any atom is 0.347 e. The first-order valence-corrected chi connectivity index (χ1v) is 12.9. The number of esters is 1. The van der Waals surface area contributed by atoms with Crippen molar-refractivity contribution in [1.29, 1.82) is 0 Å². The molecule has 0 saturated carbocycles. The van der Waals surface area contributed by atoms with Crippen LogP contribution in [0.2, 0.25) is 4.34 Å². The van der Waals surface area contributed by atoms with Crippen molar-refractivity contribution in [1.82, 2.24) is 15.2 Å². The number of carbonyl (C=O) groups is 5. The van der Waals surface area contributed by atoms with E-state index in [0.717, 1.165) is 23.1 Å². The first-order valence-electron chi connectivity index (χ1n) is 10.6. The van der Waals surface area contributed by atoms with Gasteiger partial charge in [-0.05, 0) is 20.8 Å². The molecule has 3 heterocycles. The molecule has 2 aliphatic heterocycles. The number of fused-ring (bicyclic) bond motifs is 1. The molecule has 14 nitrogen and oxygen atoms in total. The van der Waals surface area contributed by atoms with E-state index in [9.17, 15) is 29.1 Å². The highest BCUT2D eigenvalue weighted by molar-refractivity contribution is 8.00. The number of methoxy groups -OCH3 is 1. The quantitative estimate of drug-likeness (QED) is 0.114. The summed E-state index contributed by atoms with van der Waals surface area (Å²) in [4.78, 5) is 70.6. The van der Waals surface area contributed by atoms with Crippen LogP contribution in [0.25, 0.3) is 0 Å². The summed E-state index contributed by atoms with van der Waals surface area (Å²) in [5.74, 6) is -3.30. The van der Waals surface area contributed by atoms with Crippen molar-refractivity contribution in [3.05, 3.63) is 10.0 Å². The van der Waals surface area contributed by atoms with Crippen LogP contribution < -0.4 is 10.6 Å². The van der Waals surface area contributed by atoms with Crippen molar-refractivity contribution in [2.45, 2.75) is 43.4 Å². The molecule has 3 N–H and O–H groups in total. The fraction of sp³-hybridized carbons (Fsp3) is 0.550. The lowest BCUT2D eigenvalue weighted by Gasteiger charge is -2.53. The minimum Gasteiger partial charge on any atom is -0.479 e. The van der Waals surface area contributed by atoms with Gasteiger partial charge in [0.25, 0.3) is 5.91 Å². The van der Waals surface area contributed by atoms with Crippen molar-refractivity contribution in [3.8, 4) is 0 Å². The van der Waals surface area contributed by atoms with Gasteiger partial charge in [-0.15, -0.1) is 11.8 Å². The fourth-order valence-electron chi connectivity index (χ4n) is 3.37. The average Bonchev–Trinajstić information content (AvgIpc) is 3.18. The lowest BCUT2D eigenvalue weighted by Crippen LogP contribution is -2.75. The molecule has 3 rings (SSSR count). The Kier molecular flexibility index (Phi) is 8.66. The minimum atomic E-state index is -1.55. The molecule has 3 atom stereocenters. The standard InChI is InChI=1S/C20H24ClN5O9S2/c1-19(2,3)35-9(28)5-34-25-11(10-13(21)37-18(24-10)22-8-27)14(29)23-12-15(30)26-6-20(33-4,17(31)32)7-36-16(12)26/h8,12,16H,5-7H2,1-4H3,(H,23,29)(H,31,32)(H,22,24,27)/t12?,16-,20?/m1/s1. The summed E-state index contributed by atoms with van der Waals surface area (Å²) < 4.78 is 10.3. The Morgan fingerprint density at radius 3 is 2.68 bits per heavy atom. The van der Waals surface area contributed by atoms with Crippen LogP contribution in [0.3, 0.4) is 0 Å². The lowest BCUT2D eigenvalue weighted by atomic mass is 9.99. The molecule has 37 heavy (non-hydrogen) atoms. The van der Waals surface area contributed by atoms with Crippen LogP contribution in [0.4, 0.5) is 5.13 Å². The van der Waals surface area contributed by atoms with Crippen LogP contribution in [0.5, 0.6) is 0 Å². The number of oxime groups is 1. The highest BCUT2D eigenvalue weighted by Gasteiger charge is 2.58. The summed E-state index contributed by atoms with van der Waals surface area (Å²) in [5.41, 5.74) is -2.92. The Labute approximate surface area is 224 Å². The number of halogens is 1. The highest BCUT2D eigenvalue weighted by atomic mass is 35.5. The molecule has 2 saturated heterocycles. The average molecular weight is 578 g/mol. The van der Waals surface area contributed by atoms with Gasteiger partial charge in [0.15, 0.2) is 16.4 Å². The van der Waals surface area contributed by atoms with Gasteiger partial charge in [0, 0.05) is 12.9 Å². The number of nitrogens with zero attached hydrogens (tertiary/aromatic N) is 3. The van der Waals surface area contributed by atoms with Crippen molar-refractivity contribution in [2.24, 2.45) is 5.16 Å². The Balaban J connectivity index is 1.77. The summed E-state index contributed by atoms with van der Waals surface area (Å²) in [6, 6.07) is -0.998. The van der Waals surface area contributed by atoms with Gasteiger partial charge in [-0.25, -0.2) is 14.6 Å². The van der Waals surface area contributed by atoms with Crippen molar-refractivity contribution in [3.63, 3.8) is 0 Å². The second-order valence-corrected chi connectivity index (χ2v) is 11.5. The molecule has 2 aliphatic rings. The molecule has 0 spiro atoms. The molecule has 3 amide bonds. The number of amides is 3. The molecule has 0 aliphatic carbocycles. The molecule has 17 heteroatoms. The van der Waals surface area contributed by atoms with E-state index in [1.165, 1.54) is 12.0 Å². The van der Waals surface area contributed by atoms with Crippen LogP contribution in [-0.2, 0) is 38.3 Å². The van der Waals surface area contributed by atoms with E-state index in [-0.39, 0.29) is 27.5 Å². The Bertz CT molecular complexity index is 1140. The molecule has 0 bridgehead atoms. The predicted molar refractivity (Wildman–Crippen MR) is 132 cm³/mol. The van der Waals surface area contributed by atoms with Gasteiger partial charge in [0.2, 0.25) is 18.9 Å². The molecule has 2 unspecified atom stereocenters. The van der Waals surface area contributed by atoms with Crippen LogP contribution >= 0.6 is 34.7 Å². The van der Waals surface area contributed by atoms with E-state index >= 15 is 0 Å². The lowest BCUT2D eigenvalue weighted by molar-refractivity contribution is -0.170. The third kappa shape index (κ3) is 6.31. The summed E-state index contributed by atoms with van der Waals surface area (Å²) >= 11 is 8.18. The molecule has 202 valence electrons. The third-order valence-electron chi connectivity index (χ3n) is 5.09. The van der Waals surface area contributed by atoms with Crippen LogP contribution in [0, 0.1) is 0 Å². The predicted octanol–water partition coefficient (Wildman–Crippen LogP) is 0.297. The monoisotopic (exact) mass is 577 g/mol. The second-order valence-electron chi connectivity index (χ2n) is 8.83. The van der Waals surface area contributed by atoms with Crippen molar-refractivity contribution in [2.75, 3.05) is 31.3 Å². The summed E-state index contributed by atoms with van der Waals surface area (Å²) in [6.07, 6.45) is 0.369. The van der Waals surface area contributed by atoms with Crippen molar-refractivity contribution >= 4 is 75.7 Å². The molecule has 1 aromatic heterocycles. The van der Waals surface area contributed by atoms with Gasteiger partial charge in [0.05, 0.1) is 6.54 Å². The second kappa shape index (κ2) is 11.2. The minimum absolute atomic E-state index is 0.0148. The molecule has 2 fully saturated rings. The van der Waals surface area contributed by atoms with Crippen LogP contribution in [0.1, 0.15) is 26.5 Å².